The zero-order valence-corrected chi connectivity index (χ0v) is 9.45. The van der Waals surface area contributed by atoms with Crippen molar-refractivity contribution in [1.82, 2.24) is 10.2 Å². The molecule has 2 aromatic rings. The first-order valence-corrected chi connectivity index (χ1v) is 6.51. The van der Waals surface area contributed by atoms with Crippen molar-refractivity contribution in [2.24, 2.45) is 0 Å². The summed E-state index contributed by atoms with van der Waals surface area (Å²) >= 11 is 0. The smallest absolute Gasteiger partial charge is 0.229 e. The Hall–Kier alpha value is -1.82. The van der Waals surface area contributed by atoms with Crippen LogP contribution in [0.25, 0.3) is 11.1 Å². The first kappa shape index (κ1) is 10.7. The zero-order chi connectivity index (χ0) is 11.6. The first-order chi connectivity index (χ1) is 7.54. The van der Waals surface area contributed by atoms with Gasteiger partial charge in [-0.1, -0.05) is 12.1 Å². The molecule has 0 saturated heterocycles. The molecule has 0 atom stereocenters. The topological polar surface area (TPSA) is 74.8 Å². The number of anilines is 1. The molecule has 2 rings (SSSR count). The zero-order valence-electron chi connectivity index (χ0n) is 8.64. The summed E-state index contributed by atoms with van der Waals surface area (Å²) in [6, 6.07) is 7.09. The molecule has 16 heavy (non-hydrogen) atoms. The van der Waals surface area contributed by atoms with Crippen LogP contribution in [-0.4, -0.2) is 24.9 Å². The van der Waals surface area contributed by atoms with E-state index in [1.807, 2.05) is 12.1 Å². The number of aromatic amines is 1. The van der Waals surface area contributed by atoms with Crippen LogP contribution in [0.2, 0.25) is 0 Å². The fraction of sp³-hybridized carbons (Fsp3) is 0.100. The number of aromatic nitrogens is 2. The minimum absolute atomic E-state index is 0.551. The Bertz CT molecular complexity index is 559. The molecule has 1 heterocycles. The second kappa shape index (κ2) is 3.97. The van der Waals surface area contributed by atoms with Crippen molar-refractivity contribution >= 4 is 15.7 Å². The molecule has 1 aromatic heterocycles. The van der Waals surface area contributed by atoms with Gasteiger partial charge in [-0.3, -0.25) is 9.82 Å². The summed E-state index contributed by atoms with van der Waals surface area (Å²) < 4.78 is 24.4. The average molecular weight is 237 g/mol. The third-order valence-corrected chi connectivity index (χ3v) is 2.63. The number of sulfonamides is 1. The van der Waals surface area contributed by atoms with E-state index in [4.69, 9.17) is 0 Å². The van der Waals surface area contributed by atoms with E-state index in [-0.39, 0.29) is 0 Å². The predicted molar refractivity (Wildman–Crippen MR) is 62.5 cm³/mol. The van der Waals surface area contributed by atoms with E-state index in [1.165, 1.54) is 0 Å². The van der Waals surface area contributed by atoms with Crippen molar-refractivity contribution in [1.29, 1.82) is 0 Å². The van der Waals surface area contributed by atoms with Crippen molar-refractivity contribution in [2.45, 2.75) is 0 Å². The summed E-state index contributed by atoms with van der Waals surface area (Å²) in [7, 11) is -3.21. The van der Waals surface area contributed by atoms with Crippen LogP contribution in [0, 0.1) is 0 Å². The van der Waals surface area contributed by atoms with E-state index >= 15 is 0 Å². The molecule has 0 fully saturated rings. The normalized spacial score (nSPS) is 11.3. The molecule has 0 aliphatic carbocycles. The van der Waals surface area contributed by atoms with E-state index in [9.17, 15) is 8.42 Å². The average Bonchev–Trinajstić information content (AvgIpc) is 2.69. The van der Waals surface area contributed by atoms with Gasteiger partial charge in [-0.05, 0) is 17.7 Å². The van der Waals surface area contributed by atoms with Crippen molar-refractivity contribution in [2.75, 3.05) is 11.0 Å². The summed E-state index contributed by atoms with van der Waals surface area (Å²) in [5, 5.41) is 6.56. The van der Waals surface area contributed by atoms with Crippen molar-refractivity contribution < 1.29 is 8.42 Å². The molecule has 2 N–H and O–H groups in total. The molecule has 84 valence electrons. The molecular weight excluding hydrogens is 226 g/mol. The molecule has 0 bridgehead atoms. The number of hydrogen-bond donors (Lipinski definition) is 2. The predicted octanol–water partition coefficient (Wildman–Crippen LogP) is 1.45. The van der Waals surface area contributed by atoms with Gasteiger partial charge in [0.1, 0.15) is 0 Å². The lowest BCUT2D eigenvalue weighted by molar-refractivity contribution is 0.607. The number of nitrogens with zero attached hydrogens (tertiary/aromatic N) is 1. The maximum Gasteiger partial charge on any atom is 0.229 e. The quantitative estimate of drug-likeness (QED) is 0.848. The van der Waals surface area contributed by atoms with Gasteiger partial charge in [0.15, 0.2) is 0 Å². The number of H-pyrrole nitrogens is 1. The Balaban J connectivity index is 2.24. The maximum atomic E-state index is 11.0. The van der Waals surface area contributed by atoms with E-state index in [1.54, 1.807) is 24.5 Å². The summed E-state index contributed by atoms with van der Waals surface area (Å²) in [6.07, 6.45) is 4.61. The Morgan fingerprint density at radius 1 is 1.19 bits per heavy atom. The maximum absolute atomic E-state index is 11.0. The highest BCUT2D eigenvalue weighted by Gasteiger charge is 2.02. The van der Waals surface area contributed by atoms with E-state index in [0.29, 0.717) is 5.69 Å². The van der Waals surface area contributed by atoms with Gasteiger partial charge in [-0.25, -0.2) is 8.42 Å². The number of benzene rings is 1. The first-order valence-electron chi connectivity index (χ1n) is 4.61. The van der Waals surface area contributed by atoms with Crippen LogP contribution in [-0.2, 0) is 10.0 Å². The summed E-state index contributed by atoms with van der Waals surface area (Å²) in [4.78, 5) is 0. The van der Waals surface area contributed by atoms with Gasteiger partial charge in [0.05, 0.1) is 12.5 Å². The molecule has 5 nitrogen and oxygen atoms in total. The third-order valence-electron chi connectivity index (χ3n) is 2.02. The van der Waals surface area contributed by atoms with Gasteiger partial charge in [0.25, 0.3) is 0 Å². The monoisotopic (exact) mass is 237 g/mol. The van der Waals surface area contributed by atoms with Crippen LogP contribution in [0.5, 0.6) is 0 Å². The molecule has 0 spiro atoms. The van der Waals surface area contributed by atoms with Crippen molar-refractivity contribution in [3.8, 4) is 11.1 Å². The molecule has 0 unspecified atom stereocenters. The van der Waals surface area contributed by atoms with Gasteiger partial charge >= 0.3 is 0 Å². The fourth-order valence-electron chi connectivity index (χ4n) is 1.35. The summed E-state index contributed by atoms with van der Waals surface area (Å²) in [6.45, 7) is 0. The molecular formula is C10H11N3O2S. The standard InChI is InChI=1S/C10H11N3O2S/c1-16(14,15)13-10-4-2-8(3-5-10)9-6-11-12-7-9/h2-7,13H,1H3,(H,11,12). The Kier molecular flexibility index (Phi) is 2.66. The van der Waals surface area contributed by atoms with Gasteiger partial charge in [-0.15, -0.1) is 0 Å². The highest BCUT2D eigenvalue weighted by molar-refractivity contribution is 7.92. The molecule has 0 amide bonds. The van der Waals surface area contributed by atoms with Crippen molar-refractivity contribution in [3.05, 3.63) is 36.7 Å². The molecule has 0 saturated carbocycles. The van der Waals surface area contributed by atoms with E-state index < -0.39 is 10.0 Å². The second-order valence-corrected chi connectivity index (χ2v) is 5.19. The number of hydrogen-bond acceptors (Lipinski definition) is 3. The molecule has 0 radical (unpaired) electrons. The van der Waals surface area contributed by atoms with Crippen LogP contribution in [0.1, 0.15) is 0 Å². The highest BCUT2D eigenvalue weighted by atomic mass is 32.2. The van der Waals surface area contributed by atoms with Crippen LogP contribution >= 0.6 is 0 Å². The Morgan fingerprint density at radius 2 is 1.88 bits per heavy atom. The lowest BCUT2D eigenvalue weighted by Crippen LogP contribution is -2.09. The van der Waals surface area contributed by atoms with Crippen molar-refractivity contribution in [3.63, 3.8) is 0 Å². The molecule has 0 aliphatic heterocycles. The second-order valence-electron chi connectivity index (χ2n) is 3.44. The fourth-order valence-corrected chi connectivity index (χ4v) is 1.92. The van der Waals surface area contributed by atoms with Gasteiger partial charge in [0, 0.05) is 17.4 Å². The number of nitrogens with one attached hydrogen (secondary N) is 2. The minimum Gasteiger partial charge on any atom is -0.285 e. The lowest BCUT2D eigenvalue weighted by atomic mass is 10.1. The Labute approximate surface area is 93.6 Å². The summed E-state index contributed by atoms with van der Waals surface area (Å²) in [5.41, 5.74) is 2.49. The lowest BCUT2D eigenvalue weighted by Gasteiger charge is -2.04. The number of rotatable bonds is 3. The summed E-state index contributed by atoms with van der Waals surface area (Å²) in [5.74, 6) is 0. The van der Waals surface area contributed by atoms with Gasteiger partial charge < -0.3 is 0 Å². The van der Waals surface area contributed by atoms with E-state index in [2.05, 4.69) is 14.9 Å². The van der Waals surface area contributed by atoms with Crippen LogP contribution in [0.3, 0.4) is 0 Å². The minimum atomic E-state index is -3.21. The molecule has 0 aliphatic rings. The van der Waals surface area contributed by atoms with E-state index in [0.717, 1.165) is 17.4 Å². The molecule has 6 heteroatoms. The SMILES string of the molecule is CS(=O)(=O)Nc1ccc(-c2cn[nH]c2)cc1. The van der Waals surface area contributed by atoms with Crippen LogP contribution < -0.4 is 4.72 Å². The van der Waals surface area contributed by atoms with Crippen LogP contribution in [0.15, 0.2) is 36.7 Å². The van der Waals surface area contributed by atoms with Gasteiger partial charge in [-0.2, -0.15) is 5.10 Å². The largest absolute Gasteiger partial charge is 0.285 e. The third kappa shape index (κ3) is 2.60. The highest BCUT2D eigenvalue weighted by Crippen LogP contribution is 2.20. The Morgan fingerprint density at radius 3 is 2.38 bits per heavy atom. The molecule has 1 aromatic carbocycles. The van der Waals surface area contributed by atoms with Crippen LogP contribution in [0.4, 0.5) is 5.69 Å². The van der Waals surface area contributed by atoms with Gasteiger partial charge in [0.2, 0.25) is 10.0 Å².